The van der Waals surface area contributed by atoms with E-state index >= 15 is 0 Å². The predicted molar refractivity (Wildman–Crippen MR) is 74.7 cm³/mol. The summed E-state index contributed by atoms with van der Waals surface area (Å²) in [6, 6.07) is 8.47. The fourth-order valence-corrected chi connectivity index (χ4v) is 2.69. The molecule has 0 aliphatic carbocycles. The van der Waals surface area contributed by atoms with Crippen LogP contribution in [0.25, 0.3) is 0 Å². The lowest BCUT2D eigenvalue weighted by atomic mass is 9.94. The number of benzene rings is 1. The van der Waals surface area contributed by atoms with E-state index in [1.807, 2.05) is 0 Å². The molecule has 2 N–H and O–H groups in total. The van der Waals surface area contributed by atoms with Crippen molar-refractivity contribution in [1.82, 2.24) is 0 Å². The lowest BCUT2D eigenvalue weighted by Gasteiger charge is -2.34. The number of anilines is 1. The molecular formula is C15H22N2O. The number of hydrogen-bond acceptors (Lipinski definition) is 2. The quantitative estimate of drug-likeness (QED) is 0.890. The molecule has 1 unspecified atom stereocenters. The average Bonchev–Trinajstić information content (AvgIpc) is 2.39. The first-order chi connectivity index (χ1) is 8.59. The molecule has 1 atom stereocenters. The molecule has 1 amide bonds. The minimum absolute atomic E-state index is 0.000955. The van der Waals surface area contributed by atoms with Crippen molar-refractivity contribution in [3.05, 3.63) is 29.8 Å². The molecule has 0 saturated carbocycles. The van der Waals surface area contributed by atoms with E-state index in [1.165, 1.54) is 11.3 Å². The van der Waals surface area contributed by atoms with E-state index in [1.54, 1.807) is 0 Å². The van der Waals surface area contributed by atoms with Crippen LogP contribution in [-0.4, -0.2) is 19.0 Å². The molecule has 0 spiro atoms. The van der Waals surface area contributed by atoms with Gasteiger partial charge in [0.1, 0.15) is 0 Å². The number of nitrogens with zero attached hydrogens (tertiary/aromatic N) is 1. The van der Waals surface area contributed by atoms with Crippen LogP contribution in [-0.2, 0) is 4.79 Å². The highest BCUT2D eigenvalue weighted by atomic mass is 16.1. The van der Waals surface area contributed by atoms with Crippen LogP contribution >= 0.6 is 0 Å². The van der Waals surface area contributed by atoms with Gasteiger partial charge in [-0.1, -0.05) is 32.0 Å². The number of nitrogens with two attached hydrogens (primary N) is 1. The lowest BCUT2D eigenvalue weighted by molar-refractivity contribution is -0.122. The molecule has 1 aromatic carbocycles. The predicted octanol–water partition coefficient (Wildman–Crippen LogP) is 2.51. The van der Waals surface area contributed by atoms with E-state index in [9.17, 15) is 4.79 Å². The number of carbonyl (C=O) groups excluding carboxylic acids is 1. The number of amides is 1. The van der Waals surface area contributed by atoms with E-state index in [0.29, 0.717) is 5.92 Å². The van der Waals surface area contributed by atoms with Gasteiger partial charge in [-0.2, -0.15) is 0 Å². The minimum Gasteiger partial charge on any atom is -0.371 e. The Balaban J connectivity index is 2.23. The van der Waals surface area contributed by atoms with Gasteiger partial charge < -0.3 is 10.6 Å². The monoisotopic (exact) mass is 246 g/mol. The number of para-hydroxylation sites is 1. The topological polar surface area (TPSA) is 46.3 Å². The highest BCUT2D eigenvalue weighted by Gasteiger charge is 2.25. The molecule has 1 heterocycles. The fraction of sp³-hybridized carbons (Fsp3) is 0.533. The Morgan fingerprint density at radius 1 is 1.39 bits per heavy atom. The van der Waals surface area contributed by atoms with Crippen LogP contribution in [0.1, 0.15) is 38.2 Å². The van der Waals surface area contributed by atoms with Gasteiger partial charge in [-0.25, -0.2) is 0 Å². The molecular weight excluding hydrogens is 224 g/mol. The van der Waals surface area contributed by atoms with Gasteiger partial charge in [-0.05, 0) is 30.4 Å². The smallest absolute Gasteiger partial charge is 0.222 e. The summed E-state index contributed by atoms with van der Waals surface area (Å²) in [6.45, 7) is 6.19. The third-order valence-corrected chi connectivity index (χ3v) is 3.72. The molecule has 3 nitrogen and oxygen atoms in total. The summed E-state index contributed by atoms with van der Waals surface area (Å²) in [4.78, 5) is 13.7. The van der Waals surface area contributed by atoms with Crippen molar-refractivity contribution < 1.29 is 4.79 Å². The molecule has 1 aliphatic heterocycles. The molecule has 1 aromatic rings. The zero-order valence-electron chi connectivity index (χ0n) is 11.2. The maximum Gasteiger partial charge on any atom is 0.222 e. The summed E-state index contributed by atoms with van der Waals surface area (Å²) >= 11 is 0. The van der Waals surface area contributed by atoms with Crippen LogP contribution in [0.3, 0.4) is 0 Å². The molecule has 18 heavy (non-hydrogen) atoms. The molecule has 2 rings (SSSR count). The second-order valence-electron chi connectivity index (χ2n) is 5.40. The Hall–Kier alpha value is -1.51. The van der Waals surface area contributed by atoms with Crippen LogP contribution in [0.2, 0.25) is 0 Å². The van der Waals surface area contributed by atoms with Gasteiger partial charge in [0.05, 0.1) is 5.92 Å². The normalized spacial score (nSPS) is 20.2. The van der Waals surface area contributed by atoms with Gasteiger partial charge in [-0.15, -0.1) is 0 Å². The number of carbonyl (C=O) groups is 1. The molecule has 0 bridgehead atoms. The first-order valence-electron chi connectivity index (χ1n) is 6.72. The zero-order valence-corrected chi connectivity index (χ0v) is 11.2. The Morgan fingerprint density at radius 2 is 2.11 bits per heavy atom. The molecule has 0 radical (unpaired) electrons. The number of rotatable bonds is 3. The Kier molecular flexibility index (Phi) is 3.90. The summed E-state index contributed by atoms with van der Waals surface area (Å²) in [6.07, 6.45) is 1.97. The van der Waals surface area contributed by atoms with Crippen molar-refractivity contribution in [2.45, 2.75) is 32.6 Å². The number of primary amides is 1. The summed E-state index contributed by atoms with van der Waals surface area (Å²) in [5.41, 5.74) is 8.05. The largest absolute Gasteiger partial charge is 0.371 e. The van der Waals surface area contributed by atoms with Gasteiger partial charge in [0.15, 0.2) is 0 Å². The molecule has 98 valence electrons. The van der Waals surface area contributed by atoms with Crippen molar-refractivity contribution in [1.29, 1.82) is 0 Å². The third kappa shape index (κ3) is 2.66. The van der Waals surface area contributed by atoms with Crippen molar-refractivity contribution in [2.24, 2.45) is 11.7 Å². The second-order valence-corrected chi connectivity index (χ2v) is 5.40. The molecule has 3 heteroatoms. The maximum atomic E-state index is 11.3. The standard InChI is InChI=1S/C15H22N2O/c1-11(2)13-7-3-4-8-14(13)17-9-5-6-12(10-17)15(16)18/h3-4,7-8,11-12H,5-6,9-10H2,1-2H3,(H2,16,18). The van der Waals surface area contributed by atoms with Gasteiger partial charge in [0, 0.05) is 18.8 Å². The third-order valence-electron chi connectivity index (χ3n) is 3.72. The fourth-order valence-electron chi connectivity index (χ4n) is 2.69. The Bertz CT molecular complexity index is 428. The van der Waals surface area contributed by atoms with E-state index in [0.717, 1.165) is 25.9 Å². The second kappa shape index (κ2) is 5.42. The van der Waals surface area contributed by atoms with Crippen molar-refractivity contribution in [3.63, 3.8) is 0 Å². The average molecular weight is 246 g/mol. The molecule has 1 saturated heterocycles. The van der Waals surface area contributed by atoms with Crippen LogP contribution in [0.4, 0.5) is 5.69 Å². The highest BCUT2D eigenvalue weighted by Crippen LogP contribution is 2.30. The van der Waals surface area contributed by atoms with Crippen LogP contribution < -0.4 is 10.6 Å². The minimum atomic E-state index is -0.165. The highest BCUT2D eigenvalue weighted by molar-refractivity contribution is 5.77. The van der Waals surface area contributed by atoms with E-state index < -0.39 is 0 Å². The van der Waals surface area contributed by atoms with Crippen molar-refractivity contribution in [2.75, 3.05) is 18.0 Å². The molecule has 1 aliphatic rings. The lowest BCUT2D eigenvalue weighted by Crippen LogP contribution is -2.41. The first-order valence-corrected chi connectivity index (χ1v) is 6.72. The van der Waals surface area contributed by atoms with E-state index in [-0.39, 0.29) is 11.8 Å². The van der Waals surface area contributed by atoms with E-state index in [2.05, 4.69) is 43.0 Å². The number of hydrogen-bond donors (Lipinski definition) is 1. The number of piperidine rings is 1. The summed E-state index contributed by atoms with van der Waals surface area (Å²) in [7, 11) is 0. The van der Waals surface area contributed by atoms with Crippen LogP contribution in [0.5, 0.6) is 0 Å². The van der Waals surface area contributed by atoms with Crippen LogP contribution in [0.15, 0.2) is 24.3 Å². The van der Waals surface area contributed by atoms with Gasteiger partial charge >= 0.3 is 0 Å². The summed E-state index contributed by atoms with van der Waals surface area (Å²) in [5, 5.41) is 0. The summed E-state index contributed by atoms with van der Waals surface area (Å²) < 4.78 is 0. The van der Waals surface area contributed by atoms with Gasteiger partial charge in [0.2, 0.25) is 5.91 Å². The van der Waals surface area contributed by atoms with Crippen molar-refractivity contribution in [3.8, 4) is 0 Å². The maximum absolute atomic E-state index is 11.3. The Labute approximate surface area is 109 Å². The molecule has 1 fully saturated rings. The van der Waals surface area contributed by atoms with E-state index in [4.69, 9.17) is 5.73 Å². The van der Waals surface area contributed by atoms with Crippen molar-refractivity contribution >= 4 is 11.6 Å². The zero-order chi connectivity index (χ0) is 13.1. The summed E-state index contributed by atoms with van der Waals surface area (Å²) in [5.74, 6) is 0.329. The SMILES string of the molecule is CC(C)c1ccccc1N1CCCC(C(N)=O)C1. The van der Waals surface area contributed by atoms with Crippen LogP contribution in [0, 0.1) is 5.92 Å². The Morgan fingerprint density at radius 3 is 2.78 bits per heavy atom. The molecule has 0 aromatic heterocycles. The van der Waals surface area contributed by atoms with Gasteiger partial charge in [-0.3, -0.25) is 4.79 Å². The first kappa shape index (κ1) is 12.9. The van der Waals surface area contributed by atoms with Gasteiger partial charge in [0.25, 0.3) is 0 Å².